The summed E-state index contributed by atoms with van der Waals surface area (Å²) >= 11 is 0. The van der Waals surface area contributed by atoms with Gasteiger partial charge in [0.05, 0.1) is 18.9 Å². The number of aryl methyl sites for hydroxylation is 2. The van der Waals surface area contributed by atoms with Crippen LogP contribution in [-0.4, -0.2) is 44.1 Å². The molecule has 0 aliphatic heterocycles. The Balaban J connectivity index is 1.86. The average Bonchev–Trinajstić information content (AvgIpc) is 2.72. The number of nitrogens with one attached hydrogen (secondary N) is 2. The molecule has 2 amide bonds. The second-order valence-electron chi connectivity index (χ2n) is 6.79. The van der Waals surface area contributed by atoms with Crippen molar-refractivity contribution >= 4 is 23.5 Å². The Hall–Kier alpha value is -3.55. The normalized spacial score (nSPS) is 10.2. The molecule has 0 aliphatic rings. The third kappa shape index (κ3) is 7.65. The Morgan fingerprint density at radius 1 is 0.903 bits per heavy atom. The highest BCUT2D eigenvalue weighted by molar-refractivity contribution is 5.97. The van der Waals surface area contributed by atoms with Gasteiger partial charge in [0.2, 0.25) is 0 Å². The third-order valence-corrected chi connectivity index (χ3v) is 4.08. The number of hydrogen-bond donors (Lipinski definition) is 2. The number of carbonyl (C=O) groups is 3. The fourth-order valence-electron chi connectivity index (χ4n) is 2.89. The van der Waals surface area contributed by atoms with Crippen molar-refractivity contribution in [1.82, 2.24) is 5.32 Å². The molecule has 0 saturated carbocycles. The van der Waals surface area contributed by atoms with Crippen LogP contribution in [0, 0.1) is 13.8 Å². The van der Waals surface area contributed by atoms with Gasteiger partial charge >= 0.3 is 5.97 Å². The summed E-state index contributed by atoms with van der Waals surface area (Å²) in [7, 11) is 0. The molecule has 0 spiro atoms. The summed E-state index contributed by atoms with van der Waals surface area (Å²) in [4.78, 5) is 36.3. The molecule has 2 aromatic carbocycles. The van der Waals surface area contributed by atoms with E-state index in [2.05, 4.69) is 10.6 Å². The summed E-state index contributed by atoms with van der Waals surface area (Å²) in [5.41, 5.74) is 2.77. The first-order valence-corrected chi connectivity index (χ1v) is 10.0. The standard InChI is InChI=1S/C23H28N2O6/c1-5-29-18-7-8-20(30-6-2)19(12-18)25-21(26)14-31-22(27)13-24-23(28)17-10-15(3)9-16(4)11-17/h7-12H,5-6,13-14H2,1-4H3,(H,24,28)(H,25,26). The van der Waals surface area contributed by atoms with Crippen molar-refractivity contribution in [3.8, 4) is 11.5 Å². The molecule has 2 N–H and O–H groups in total. The number of esters is 1. The quantitative estimate of drug-likeness (QED) is 0.564. The van der Waals surface area contributed by atoms with E-state index in [1.165, 1.54) is 0 Å². The summed E-state index contributed by atoms with van der Waals surface area (Å²) in [6.07, 6.45) is 0. The van der Waals surface area contributed by atoms with Crippen molar-refractivity contribution in [1.29, 1.82) is 0 Å². The van der Waals surface area contributed by atoms with Crippen LogP contribution >= 0.6 is 0 Å². The first-order valence-electron chi connectivity index (χ1n) is 10.0. The largest absolute Gasteiger partial charge is 0.494 e. The van der Waals surface area contributed by atoms with Gasteiger partial charge in [0.15, 0.2) is 6.61 Å². The van der Waals surface area contributed by atoms with Crippen molar-refractivity contribution in [3.63, 3.8) is 0 Å². The summed E-state index contributed by atoms with van der Waals surface area (Å²) in [5.74, 6) is -0.592. The minimum Gasteiger partial charge on any atom is -0.494 e. The Bertz CT molecular complexity index is 921. The molecule has 0 atom stereocenters. The van der Waals surface area contributed by atoms with Crippen molar-refractivity contribution in [2.24, 2.45) is 0 Å². The fourth-order valence-corrected chi connectivity index (χ4v) is 2.89. The molecule has 0 aliphatic carbocycles. The molecule has 0 saturated heterocycles. The van der Waals surface area contributed by atoms with Gasteiger partial charge in [0, 0.05) is 11.6 Å². The monoisotopic (exact) mass is 428 g/mol. The van der Waals surface area contributed by atoms with Crippen LogP contribution in [0.1, 0.15) is 35.3 Å². The number of ether oxygens (including phenoxy) is 3. The van der Waals surface area contributed by atoms with Gasteiger partial charge in [-0.15, -0.1) is 0 Å². The van der Waals surface area contributed by atoms with Crippen LogP contribution in [0.25, 0.3) is 0 Å². The van der Waals surface area contributed by atoms with Crippen molar-refractivity contribution in [2.45, 2.75) is 27.7 Å². The smallest absolute Gasteiger partial charge is 0.325 e. The Morgan fingerprint density at radius 3 is 2.23 bits per heavy atom. The van der Waals surface area contributed by atoms with Gasteiger partial charge in [-0.3, -0.25) is 14.4 Å². The second-order valence-corrected chi connectivity index (χ2v) is 6.79. The second kappa shape index (κ2) is 11.6. The maximum Gasteiger partial charge on any atom is 0.325 e. The SMILES string of the molecule is CCOc1ccc(OCC)c(NC(=O)COC(=O)CNC(=O)c2cc(C)cc(C)c2)c1. The lowest BCUT2D eigenvalue weighted by Gasteiger charge is -2.13. The first kappa shape index (κ1) is 23.7. The number of rotatable bonds is 10. The first-order chi connectivity index (χ1) is 14.8. The van der Waals surface area contributed by atoms with Crippen molar-refractivity contribution in [2.75, 3.05) is 31.7 Å². The lowest BCUT2D eigenvalue weighted by molar-refractivity contribution is -0.146. The highest BCUT2D eigenvalue weighted by Gasteiger charge is 2.14. The van der Waals surface area contributed by atoms with Gasteiger partial charge in [-0.25, -0.2) is 0 Å². The molecular weight excluding hydrogens is 400 g/mol. The average molecular weight is 428 g/mol. The molecule has 0 bridgehead atoms. The van der Waals surface area contributed by atoms with Gasteiger partial charge < -0.3 is 24.8 Å². The topological polar surface area (TPSA) is 103 Å². The highest BCUT2D eigenvalue weighted by atomic mass is 16.5. The maximum absolute atomic E-state index is 12.2. The molecule has 0 heterocycles. The summed E-state index contributed by atoms with van der Waals surface area (Å²) < 4.78 is 15.9. The number of anilines is 1. The molecular formula is C23H28N2O6. The molecule has 0 aromatic heterocycles. The highest BCUT2D eigenvalue weighted by Crippen LogP contribution is 2.29. The number of amides is 2. The zero-order valence-electron chi connectivity index (χ0n) is 18.2. The molecule has 2 rings (SSSR count). The minimum atomic E-state index is -0.721. The minimum absolute atomic E-state index is 0.344. The predicted octanol–water partition coefficient (Wildman–Crippen LogP) is 3.01. The summed E-state index contributed by atoms with van der Waals surface area (Å²) in [5, 5.41) is 5.14. The Kier molecular flexibility index (Phi) is 8.87. The Morgan fingerprint density at radius 2 is 1.58 bits per heavy atom. The summed E-state index contributed by atoms with van der Waals surface area (Å²) in [6.45, 7) is 7.52. The Labute approximate surface area is 181 Å². The van der Waals surface area contributed by atoms with E-state index in [0.717, 1.165) is 11.1 Å². The van der Waals surface area contributed by atoms with E-state index in [9.17, 15) is 14.4 Å². The lowest BCUT2D eigenvalue weighted by atomic mass is 10.1. The van der Waals surface area contributed by atoms with Gasteiger partial charge in [-0.1, -0.05) is 17.2 Å². The van der Waals surface area contributed by atoms with Crippen LogP contribution in [0.5, 0.6) is 11.5 Å². The van der Waals surface area contributed by atoms with Crippen LogP contribution in [-0.2, 0) is 14.3 Å². The molecule has 166 valence electrons. The van der Waals surface area contributed by atoms with Gasteiger partial charge in [-0.05, 0) is 52.0 Å². The van der Waals surface area contributed by atoms with Crippen LogP contribution in [0.3, 0.4) is 0 Å². The van der Waals surface area contributed by atoms with E-state index in [-0.39, 0.29) is 12.5 Å². The van der Waals surface area contributed by atoms with E-state index in [0.29, 0.717) is 36.0 Å². The maximum atomic E-state index is 12.2. The van der Waals surface area contributed by atoms with E-state index in [1.54, 1.807) is 30.3 Å². The van der Waals surface area contributed by atoms with E-state index in [4.69, 9.17) is 14.2 Å². The van der Waals surface area contributed by atoms with Gasteiger partial charge in [0.1, 0.15) is 18.0 Å². The number of hydrogen-bond acceptors (Lipinski definition) is 6. The predicted molar refractivity (Wildman–Crippen MR) is 117 cm³/mol. The molecule has 2 aromatic rings. The molecule has 8 heteroatoms. The molecule has 0 fully saturated rings. The van der Waals surface area contributed by atoms with Crippen LogP contribution in [0.4, 0.5) is 5.69 Å². The zero-order chi connectivity index (χ0) is 22.8. The van der Waals surface area contributed by atoms with E-state index < -0.39 is 18.5 Å². The lowest BCUT2D eigenvalue weighted by Crippen LogP contribution is -2.32. The van der Waals surface area contributed by atoms with Crippen LogP contribution in [0.15, 0.2) is 36.4 Å². The van der Waals surface area contributed by atoms with Crippen LogP contribution < -0.4 is 20.1 Å². The van der Waals surface area contributed by atoms with Gasteiger partial charge in [-0.2, -0.15) is 0 Å². The van der Waals surface area contributed by atoms with E-state index >= 15 is 0 Å². The van der Waals surface area contributed by atoms with E-state index in [1.807, 2.05) is 33.8 Å². The number of benzene rings is 2. The number of carbonyl (C=O) groups excluding carboxylic acids is 3. The van der Waals surface area contributed by atoms with Crippen molar-refractivity contribution < 1.29 is 28.6 Å². The summed E-state index contributed by atoms with van der Waals surface area (Å²) in [6, 6.07) is 10.5. The zero-order valence-corrected chi connectivity index (χ0v) is 18.2. The third-order valence-electron chi connectivity index (χ3n) is 4.08. The fraction of sp³-hybridized carbons (Fsp3) is 0.348. The van der Waals surface area contributed by atoms with Gasteiger partial charge in [0.25, 0.3) is 11.8 Å². The van der Waals surface area contributed by atoms with Crippen LogP contribution in [0.2, 0.25) is 0 Å². The molecule has 0 unspecified atom stereocenters. The molecule has 8 nitrogen and oxygen atoms in total. The molecule has 0 radical (unpaired) electrons. The molecule has 31 heavy (non-hydrogen) atoms. The van der Waals surface area contributed by atoms with Crippen molar-refractivity contribution in [3.05, 3.63) is 53.1 Å².